The molecule has 6 nitrogen and oxygen atoms in total. The van der Waals surface area contributed by atoms with Gasteiger partial charge in [-0.15, -0.1) is 0 Å². The lowest BCUT2D eigenvalue weighted by molar-refractivity contribution is -0.120. The molecule has 120 valence electrons. The minimum absolute atomic E-state index is 0.258. The summed E-state index contributed by atoms with van der Waals surface area (Å²) in [5.74, 6) is 0.0249. The first-order valence-electron chi connectivity index (χ1n) is 7.06. The van der Waals surface area contributed by atoms with E-state index in [4.69, 9.17) is 10.5 Å². The van der Waals surface area contributed by atoms with E-state index in [2.05, 4.69) is 11.3 Å². The van der Waals surface area contributed by atoms with Crippen LogP contribution in [0.2, 0.25) is 0 Å². The van der Waals surface area contributed by atoms with E-state index in [1.165, 1.54) is 0 Å². The van der Waals surface area contributed by atoms with Crippen LogP contribution in [0.15, 0.2) is 36.9 Å². The summed E-state index contributed by atoms with van der Waals surface area (Å²) in [6.07, 6.45) is 3.11. The molecular weight excluding hydrogens is 304 g/mol. The van der Waals surface area contributed by atoms with Gasteiger partial charge in [0.25, 0.3) is 5.91 Å². The number of sulfonamides is 1. The molecule has 1 aliphatic rings. The summed E-state index contributed by atoms with van der Waals surface area (Å²) in [4.78, 5) is 11.9. The van der Waals surface area contributed by atoms with Crippen LogP contribution < -0.4 is 15.2 Å². The highest BCUT2D eigenvalue weighted by molar-refractivity contribution is 7.90. The third-order valence-corrected chi connectivity index (χ3v) is 5.12. The Morgan fingerprint density at radius 2 is 2.05 bits per heavy atom. The van der Waals surface area contributed by atoms with E-state index in [1.807, 2.05) is 0 Å². The Kier molecular flexibility index (Phi) is 5.20. The maximum absolute atomic E-state index is 11.9. The van der Waals surface area contributed by atoms with Crippen molar-refractivity contribution in [2.24, 2.45) is 5.73 Å². The third kappa shape index (κ3) is 4.57. The highest BCUT2D eigenvalue weighted by atomic mass is 32.2. The quantitative estimate of drug-likeness (QED) is 0.687. The van der Waals surface area contributed by atoms with Crippen LogP contribution in [0.5, 0.6) is 5.75 Å². The molecule has 1 fully saturated rings. The number of nitrogens with two attached hydrogens (primary N) is 1. The predicted octanol–water partition coefficient (Wildman–Crippen LogP) is 0.730. The van der Waals surface area contributed by atoms with Gasteiger partial charge in [0.15, 0.2) is 0 Å². The molecule has 1 aromatic carbocycles. The molecule has 1 aromatic rings. The molecule has 1 amide bonds. The summed E-state index contributed by atoms with van der Waals surface area (Å²) in [5.41, 5.74) is 6.61. The summed E-state index contributed by atoms with van der Waals surface area (Å²) in [5, 5.41) is -0.440. The molecule has 0 unspecified atom stereocenters. The van der Waals surface area contributed by atoms with Crippen LogP contribution in [0.3, 0.4) is 0 Å². The molecule has 7 heteroatoms. The van der Waals surface area contributed by atoms with Crippen molar-refractivity contribution in [3.63, 3.8) is 0 Å². The number of rotatable bonds is 8. The van der Waals surface area contributed by atoms with E-state index in [1.54, 1.807) is 30.3 Å². The molecule has 0 aliphatic heterocycles. The molecular formula is C15H20N2O4S. The second kappa shape index (κ2) is 6.93. The van der Waals surface area contributed by atoms with E-state index in [0.29, 0.717) is 25.2 Å². The van der Waals surface area contributed by atoms with Crippen molar-refractivity contribution in [3.8, 4) is 5.75 Å². The van der Waals surface area contributed by atoms with E-state index in [0.717, 1.165) is 5.56 Å². The molecule has 3 N–H and O–H groups in total. The highest BCUT2D eigenvalue weighted by Gasteiger charge is 2.37. The number of hydrogen-bond acceptors (Lipinski definition) is 5. The first-order valence-corrected chi connectivity index (χ1v) is 8.60. The van der Waals surface area contributed by atoms with Crippen LogP contribution in [-0.2, 0) is 21.2 Å². The molecule has 0 spiro atoms. The van der Waals surface area contributed by atoms with Gasteiger partial charge in [0, 0.05) is 0 Å². The van der Waals surface area contributed by atoms with Gasteiger partial charge in [-0.1, -0.05) is 24.8 Å². The van der Waals surface area contributed by atoms with Crippen LogP contribution in [0.1, 0.15) is 18.4 Å². The zero-order valence-corrected chi connectivity index (χ0v) is 13.0. The fraction of sp³-hybridized carbons (Fsp3) is 0.400. The van der Waals surface area contributed by atoms with Crippen LogP contribution in [-0.4, -0.2) is 32.2 Å². The average Bonchev–Trinajstić information content (AvgIpc) is 3.31. The lowest BCUT2D eigenvalue weighted by atomic mass is 10.1. The van der Waals surface area contributed by atoms with Crippen molar-refractivity contribution in [2.75, 3.05) is 6.61 Å². The van der Waals surface area contributed by atoms with Gasteiger partial charge < -0.3 is 10.5 Å². The lowest BCUT2D eigenvalue weighted by Crippen LogP contribution is -2.45. The Balaban J connectivity index is 1.89. The zero-order chi connectivity index (χ0) is 16.2. The van der Waals surface area contributed by atoms with E-state index in [-0.39, 0.29) is 6.42 Å². The number of carbonyl (C=O) groups is 1. The molecule has 0 radical (unpaired) electrons. The van der Waals surface area contributed by atoms with Crippen LogP contribution >= 0.6 is 0 Å². The summed E-state index contributed by atoms with van der Waals surface area (Å²) in [6, 6.07) is 6.21. The highest BCUT2D eigenvalue weighted by Crippen LogP contribution is 2.27. The van der Waals surface area contributed by atoms with E-state index in [9.17, 15) is 13.2 Å². The molecule has 0 saturated heterocycles. The van der Waals surface area contributed by atoms with Gasteiger partial charge in [-0.25, -0.2) is 8.42 Å². The maximum Gasteiger partial charge on any atom is 0.250 e. The number of carbonyl (C=O) groups excluding carboxylic acids is 1. The van der Waals surface area contributed by atoms with Crippen molar-refractivity contribution < 1.29 is 17.9 Å². The predicted molar refractivity (Wildman–Crippen MR) is 83.9 cm³/mol. The largest absolute Gasteiger partial charge is 0.490 e. The Bertz CT molecular complexity index is 636. The number of benzene rings is 1. The molecule has 0 bridgehead atoms. The van der Waals surface area contributed by atoms with Gasteiger partial charge in [-0.3, -0.25) is 9.52 Å². The maximum atomic E-state index is 11.9. The molecule has 1 aliphatic carbocycles. The van der Waals surface area contributed by atoms with Crippen LogP contribution in [0, 0.1) is 0 Å². The van der Waals surface area contributed by atoms with Gasteiger partial charge in [0.2, 0.25) is 10.0 Å². The van der Waals surface area contributed by atoms with E-state index >= 15 is 0 Å². The van der Waals surface area contributed by atoms with Gasteiger partial charge >= 0.3 is 0 Å². The van der Waals surface area contributed by atoms with Crippen LogP contribution in [0.25, 0.3) is 0 Å². The second-order valence-electron chi connectivity index (χ2n) is 5.26. The van der Waals surface area contributed by atoms with Crippen molar-refractivity contribution in [2.45, 2.75) is 30.6 Å². The Hall–Kier alpha value is -1.86. The molecule has 2 rings (SSSR count). The minimum atomic E-state index is -3.55. The summed E-state index contributed by atoms with van der Waals surface area (Å²) < 4.78 is 30.8. The molecule has 0 aromatic heterocycles. The van der Waals surface area contributed by atoms with Crippen molar-refractivity contribution >= 4 is 15.9 Å². The number of nitrogens with one attached hydrogen (secondary N) is 1. The van der Waals surface area contributed by atoms with E-state index < -0.39 is 27.2 Å². The minimum Gasteiger partial charge on any atom is -0.490 e. The van der Waals surface area contributed by atoms with Gasteiger partial charge in [0.05, 0.1) is 11.3 Å². The molecule has 22 heavy (non-hydrogen) atoms. The summed E-state index contributed by atoms with van der Waals surface area (Å²) >= 11 is 0. The fourth-order valence-electron chi connectivity index (χ4n) is 1.90. The third-order valence-electron chi connectivity index (χ3n) is 3.29. The van der Waals surface area contributed by atoms with Gasteiger partial charge in [-0.05, 0) is 37.0 Å². The standard InChI is InChI=1S/C15H20N2O4S/c1-2-9-21-12-5-3-11(4-6-12)10-14(16)15(18)17-22(19,20)13-7-8-13/h2-6,13-14H,1,7-10,16H2,(H,17,18)/t14-/m0/s1. The Morgan fingerprint density at radius 3 is 2.59 bits per heavy atom. The monoisotopic (exact) mass is 324 g/mol. The number of hydrogen-bond donors (Lipinski definition) is 2. The fourth-order valence-corrected chi connectivity index (χ4v) is 3.26. The SMILES string of the molecule is C=CCOc1ccc(C[C@H](N)C(=O)NS(=O)(=O)C2CC2)cc1. The average molecular weight is 324 g/mol. The number of ether oxygens (including phenoxy) is 1. The summed E-state index contributed by atoms with van der Waals surface area (Å²) in [7, 11) is -3.55. The molecule has 1 atom stereocenters. The smallest absolute Gasteiger partial charge is 0.250 e. The topological polar surface area (TPSA) is 98.5 Å². The first-order chi connectivity index (χ1) is 10.4. The zero-order valence-electron chi connectivity index (χ0n) is 12.2. The normalized spacial score (nSPS) is 15.9. The molecule has 0 heterocycles. The van der Waals surface area contributed by atoms with Crippen molar-refractivity contribution in [1.29, 1.82) is 0 Å². The Morgan fingerprint density at radius 1 is 1.41 bits per heavy atom. The summed E-state index contributed by atoms with van der Waals surface area (Å²) in [6.45, 7) is 3.98. The first kappa shape index (κ1) is 16.5. The van der Waals surface area contributed by atoms with Gasteiger partial charge in [-0.2, -0.15) is 0 Å². The van der Waals surface area contributed by atoms with Crippen molar-refractivity contribution in [1.82, 2.24) is 4.72 Å². The van der Waals surface area contributed by atoms with Crippen molar-refractivity contribution in [3.05, 3.63) is 42.5 Å². The lowest BCUT2D eigenvalue weighted by Gasteiger charge is -2.13. The second-order valence-corrected chi connectivity index (χ2v) is 7.23. The van der Waals surface area contributed by atoms with Crippen LogP contribution in [0.4, 0.5) is 0 Å². The molecule has 1 saturated carbocycles. The van der Waals surface area contributed by atoms with Gasteiger partial charge in [0.1, 0.15) is 12.4 Å². The number of amides is 1. The Labute approximate surface area is 130 Å².